The number of hydrogen-bond donors (Lipinski definition) is 1. The lowest BCUT2D eigenvalue weighted by molar-refractivity contribution is 0.302. The molecule has 1 aliphatic carbocycles. The van der Waals surface area contributed by atoms with Crippen LogP contribution in [0.1, 0.15) is 51.5 Å². The smallest absolute Gasteiger partial charge is 0.0409 e. The van der Waals surface area contributed by atoms with Gasteiger partial charge in [-0.1, -0.05) is 31.4 Å². The van der Waals surface area contributed by atoms with Gasteiger partial charge in [0, 0.05) is 24.3 Å². The standard InChI is InChI=1S/C16H26N2/c1-3-18(4-2)15-10-8-14(9-11-15)16(17)12-6-5-7-13-16/h8-11H,3-7,12-13,17H2,1-2H3. The molecule has 1 fully saturated rings. The highest BCUT2D eigenvalue weighted by Crippen LogP contribution is 2.35. The molecule has 0 saturated heterocycles. The monoisotopic (exact) mass is 246 g/mol. The first kappa shape index (κ1) is 13.4. The zero-order valence-electron chi connectivity index (χ0n) is 11.8. The van der Waals surface area contributed by atoms with Gasteiger partial charge in [0.1, 0.15) is 0 Å². The van der Waals surface area contributed by atoms with E-state index in [4.69, 9.17) is 5.73 Å². The largest absolute Gasteiger partial charge is 0.372 e. The van der Waals surface area contributed by atoms with Crippen molar-refractivity contribution in [3.8, 4) is 0 Å². The molecule has 0 atom stereocenters. The van der Waals surface area contributed by atoms with Crippen molar-refractivity contribution in [2.75, 3.05) is 18.0 Å². The van der Waals surface area contributed by atoms with E-state index in [-0.39, 0.29) is 5.54 Å². The van der Waals surface area contributed by atoms with Gasteiger partial charge in [-0.15, -0.1) is 0 Å². The number of nitrogens with zero attached hydrogens (tertiary/aromatic N) is 1. The number of benzene rings is 1. The second kappa shape index (κ2) is 5.75. The summed E-state index contributed by atoms with van der Waals surface area (Å²) in [4.78, 5) is 2.37. The molecule has 1 aromatic rings. The summed E-state index contributed by atoms with van der Waals surface area (Å²) in [7, 11) is 0. The second-order valence-corrected chi connectivity index (χ2v) is 5.44. The highest BCUT2D eigenvalue weighted by molar-refractivity contribution is 5.48. The molecule has 0 bridgehead atoms. The van der Waals surface area contributed by atoms with Crippen LogP contribution in [0.2, 0.25) is 0 Å². The molecule has 0 radical (unpaired) electrons. The van der Waals surface area contributed by atoms with Gasteiger partial charge in [-0.25, -0.2) is 0 Å². The molecule has 0 aromatic heterocycles. The molecule has 2 rings (SSSR count). The Hall–Kier alpha value is -1.02. The molecule has 0 heterocycles. The Balaban J connectivity index is 2.16. The van der Waals surface area contributed by atoms with Crippen LogP contribution in [-0.2, 0) is 5.54 Å². The zero-order chi connectivity index (χ0) is 13.0. The lowest BCUT2D eigenvalue weighted by atomic mass is 9.77. The molecular formula is C16H26N2. The van der Waals surface area contributed by atoms with E-state index in [0.717, 1.165) is 25.9 Å². The highest BCUT2D eigenvalue weighted by Gasteiger charge is 2.29. The van der Waals surface area contributed by atoms with E-state index in [9.17, 15) is 0 Å². The Labute approximate surface area is 111 Å². The molecule has 100 valence electrons. The van der Waals surface area contributed by atoms with Crippen molar-refractivity contribution in [3.05, 3.63) is 29.8 Å². The summed E-state index contributed by atoms with van der Waals surface area (Å²) in [5.41, 5.74) is 9.11. The van der Waals surface area contributed by atoms with Crippen LogP contribution >= 0.6 is 0 Å². The molecule has 1 aromatic carbocycles. The first-order chi connectivity index (χ1) is 8.69. The van der Waals surface area contributed by atoms with Crippen LogP contribution in [0, 0.1) is 0 Å². The number of hydrogen-bond acceptors (Lipinski definition) is 2. The zero-order valence-corrected chi connectivity index (χ0v) is 11.8. The van der Waals surface area contributed by atoms with Crippen molar-refractivity contribution >= 4 is 5.69 Å². The predicted molar refractivity (Wildman–Crippen MR) is 79.0 cm³/mol. The molecule has 1 saturated carbocycles. The third-order valence-electron chi connectivity index (χ3n) is 4.32. The molecule has 0 unspecified atom stereocenters. The molecule has 18 heavy (non-hydrogen) atoms. The Morgan fingerprint density at radius 3 is 2.06 bits per heavy atom. The lowest BCUT2D eigenvalue weighted by Gasteiger charge is -2.34. The first-order valence-electron chi connectivity index (χ1n) is 7.34. The van der Waals surface area contributed by atoms with E-state index < -0.39 is 0 Å². The topological polar surface area (TPSA) is 29.3 Å². The predicted octanol–water partition coefficient (Wildman–Crippen LogP) is 3.65. The Kier molecular flexibility index (Phi) is 4.28. The van der Waals surface area contributed by atoms with Crippen LogP contribution in [0.5, 0.6) is 0 Å². The third-order valence-corrected chi connectivity index (χ3v) is 4.32. The average molecular weight is 246 g/mol. The highest BCUT2D eigenvalue weighted by atomic mass is 15.1. The fourth-order valence-electron chi connectivity index (χ4n) is 3.06. The fourth-order valence-corrected chi connectivity index (χ4v) is 3.06. The quantitative estimate of drug-likeness (QED) is 0.878. The molecule has 1 aliphatic rings. The average Bonchev–Trinajstić information content (AvgIpc) is 2.42. The van der Waals surface area contributed by atoms with Crippen molar-refractivity contribution in [1.29, 1.82) is 0 Å². The van der Waals surface area contributed by atoms with Gasteiger partial charge < -0.3 is 10.6 Å². The molecule has 0 amide bonds. The molecular weight excluding hydrogens is 220 g/mol. The summed E-state index contributed by atoms with van der Waals surface area (Å²) < 4.78 is 0. The summed E-state index contributed by atoms with van der Waals surface area (Å²) in [5, 5.41) is 0. The van der Waals surface area contributed by atoms with Gasteiger partial charge in [0.05, 0.1) is 0 Å². The minimum atomic E-state index is -0.0694. The molecule has 2 nitrogen and oxygen atoms in total. The van der Waals surface area contributed by atoms with Gasteiger partial charge in [0.2, 0.25) is 0 Å². The van der Waals surface area contributed by atoms with Gasteiger partial charge in [0.25, 0.3) is 0 Å². The van der Waals surface area contributed by atoms with Crippen molar-refractivity contribution in [2.24, 2.45) is 5.73 Å². The van der Waals surface area contributed by atoms with Crippen LogP contribution in [-0.4, -0.2) is 13.1 Å². The van der Waals surface area contributed by atoms with Crippen molar-refractivity contribution in [3.63, 3.8) is 0 Å². The van der Waals surface area contributed by atoms with E-state index in [1.165, 1.54) is 30.5 Å². The van der Waals surface area contributed by atoms with Gasteiger partial charge in [-0.05, 0) is 44.4 Å². The van der Waals surface area contributed by atoms with E-state index >= 15 is 0 Å². The van der Waals surface area contributed by atoms with Gasteiger partial charge in [-0.3, -0.25) is 0 Å². The minimum absolute atomic E-state index is 0.0694. The summed E-state index contributed by atoms with van der Waals surface area (Å²) in [5.74, 6) is 0. The SMILES string of the molecule is CCN(CC)c1ccc(C2(N)CCCCC2)cc1. The Bertz CT molecular complexity index is 359. The fraction of sp³-hybridized carbons (Fsp3) is 0.625. The van der Waals surface area contributed by atoms with Crippen LogP contribution < -0.4 is 10.6 Å². The first-order valence-corrected chi connectivity index (χ1v) is 7.34. The number of anilines is 1. The van der Waals surface area contributed by atoms with Crippen LogP contribution in [0.25, 0.3) is 0 Å². The number of rotatable bonds is 4. The second-order valence-electron chi connectivity index (χ2n) is 5.44. The normalized spacial score (nSPS) is 18.6. The molecule has 0 spiro atoms. The van der Waals surface area contributed by atoms with Crippen molar-refractivity contribution in [1.82, 2.24) is 0 Å². The Morgan fingerprint density at radius 1 is 1.00 bits per heavy atom. The van der Waals surface area contributed by atoms with E-state index in [0.29, 0.717) is 0 Å². The maximum atomic E-state index is 6.56. The summed E-state index contributed by atoms with van der Waals surface area (Å²) in [6.45, 7) is 6.51. The third kappa shape index (κ3) is 2.69. The van der Waals surface area contributed by atoms with Gasteiger partial charge in [-0.2, -0.15) is 0 Å². The van der Waals surface area contributed by atoms with Gasteiger partial charge in [0.15, 0.2) is 0 Å². The summed E-state index contributed by atoms with van der Waals surface area (Å²) >= 11 is 0. The molecule has 2 heteroatoms. The van der Waals surface area contributed by atoms with E-state index in [1.54, 1.807) is 0 Å². The Morgan fingerprint density at radius 2 is 1.56 bits per heavy atom. The van der Waals surface area contributed by atoms with Crippen LogP contribution in [0.3, 0.4) is 0 Å². The van der Waals surface area contributed by atoms with Crippen LogP contribution in [0.4, 0.5) is 5.69 Å². The van der Waals surface area contributed by atoms with Crippen molar-refractivity contribution in [2.45, 2.75) is 51.5 Å². The summed E-state index contributed by atoms with van der Waals surface area (Å²) in [6, 6.07) is 8.93. The minimum Gasteiger partial charge on any atom is -0.372 e. The molecule has 0 aliphatic heterocycles. The number of nitrogens with two attached hydrogens (primary N) is 1. The maximum absolute atomic E-state index is 6.56. The lowest BCUT2D eigenvalue weighted by Crippen LogP contribution is -2.38. The van der Waals surface area contributed by atoms with Crippen LogP contribution in [0.15, 0.2) is 24.3 Å². The molecule has 2 N–H and O–H groups in total. The maximum Gasteiger partial charge on any atom is 0.0409 e. The van der Waals surface area contributed by atoms with Crippen molar-refractivity contribution < 1.29 is 0 Å². The summed E-state index contributed by atoms with van der Waals surface area (Å²) in [6.07, 6.45) is 6.16. The van der Waals surface area contributed by atoms with E-state index in [2.05, 4.69) is 43.0 Å². The van der Waals surface area contributed by atoms with E-state index in [1.807, 2.05) is 0 Å². The van der Waals surface area contributed by atoms with Gasteiger partial charge >= 0.3 is 0 Å².